The molecule has 3 rings (SSSR count). The highest BCUT2D eigenvalue weighted by Crippen LogP contribution is 2.45. The van der Waals surface area contributed by atoms with Crippen LogP contribution in [0.1, 0.15) is 54.5 Å². The summed E-state index contributed by atoms with van der Waals surface area (Å²) in [5, 5.41) is 9.39. The Balaban J connectivity index is 1.78. The van der Waals surface area contributed by atoms with Gasteiger partial charge >= 0.3 is 5.97 Å². The minimum absolute atomic E-state index is 0.0715. The monoisotopic (exact) mass is 398 g/mol. The highest BCUT2D eigenvalue weighted by Gasteiger charge is 2.46. The van der Waals surface area contributed by atoms with Gasteiger partial charge < -0.3 is 14.4 Å². The van der Waals surface area contributed by atoms with E-state index < -0.39 is 16.0 Å². The van der Waals surface area contributed by atoms with Crippen LogP contribution < -0.4 is 0 Å². The first-order valence-corrected chi connectivity index (χ1v) is 10.7. The van der Waals surface area contributed by atoms with Crippen molar-refractivity contribution in [3.8, 4) is 0 Å². The van der Waals surface area contributed by atoms with Crippen molar-refractivity contribution in [2.75, 3.05) is 26.2 Å². The zero-order valence-electron chi connectivity index (χ0n) is 15.9. The van der Waals surface area contributed by atoms with E-state index in [1.807, 2.05) is 6.92 Å². The summed E-state index contributed by atoms with van der Waals surface area (Å²) in [6.07, 6.45) is 3.66. The molecule has 2 heterocycles. The van der Waals surface area contributed by atoms with Crippen molar-refractivity contribution in [1.82, 2.24) is 9.21 Å². The normalized spacial score (nSPS) is 20.3. The van der Waals surface area contributed by atoms with Crippen molar-refractivity contribution in [3.63, 3.8) is 0 Å². The van der Waals surface area contributed by atoms with E-state index in [2.05, 4.69) is 0 Å². The van der Waals surface area contributed by atoms with E-state index in [0.717, 1.165) is 25.7 Å². The molecule has 1 aromatic heterocycles. The fraction of sp³-hybridized carbons (Fsp3) is 0.667. The molecule has 0 atom stereocenters. The molecule has 0 radical (unpaired) electrons. The van der Waals surface area contributed by atoms with E-state index in [-0.39, 0.29) is 46.4 Å². The predicted molar refractivity (Wildman–Crippen MR) is 97.1 cm³/mol. The lowest BCUT2D eigenvalue weighted by atomic mass is 9.66. The molecule has 8 nitrogen and oxygen atoms in total. The summed E-state index contributed by atoms with van der Waals surface area (Å²) in [5.41, 5.74) is -0.583. The van der Waals surface area contributed by atoms with Crippen LogP contribution in [0.15, 0.2) is 9.31 Å². The van der Waals surface area contributed by atoms with Crippen LogP contribution in [-0.2, 0) is 14.8 Å². The van der Waals surface area contributed by atoms with Crippen molar-refractivity contribution < 1.29 is 27.5 Å². The molecular formula is C18H26N2O6S. The van der Waals surface area contributed by atoms with Gasteiger partial charge in [-0.25, -0.2) is 13.2 Å². The highest BCUT2D eigenvalue weighted by molar-refractivity contribution is 7.89. The number of rotatable bonds is 5. The van der Waals surface area contributed by atoms with E-state index >= 15 is 0 Å². The SMILES string of the molecule is CCC1(C(=O)N2CCN(S(=O)(=O)c3c(C)oc(C)c3C(=O)O)CC2)CCC1. The van der Waals surface area contributed by atoms with Gasteiger partial charge in [0, 0.05) is 31.6 Å². The van der Waals surface area contributed by atoms with Crippen LogP contribution in [-0.4, -0.2) is 60.8 Å². The standard InChI is InChI=1S/C18H26N2O6S/c1-4-18(6-5-7-18)17(23)19-8-10-20(11-9-19)27(24,25)15-13(3)26-12(2)14(15)16(21)22/h4-11H2,1-3H3,(H,21,22). The number of aromatic carboxylic acids is 1. The van der Waals surface area contributed by atoms with Crippen LogP contribution in [0.4, 0.5) is 0 Å². The Morgan fingerprint density at radius 2 is 1.70 bits per heavy atom. The van der Waals surface area contributed by atoms with Gasteiger partial charge in [-0.1, -0.05) is 13.3 Å². The maximum atomic E-state index is 13.0. The van der Waals surface area contributed by atoms with Crippen LogP contribution in [0, 0.1) is 19.3 Å². The van der Waals surface area contributed by atoms with Crippen molar-refractivity contribution >= 4 is 21.9 Å². The van der Waals surface area contributed by atoms with E-state index in [4.69, 9.17) is 4.42 Å². The number of piperazine rings is 1. The number of amides is 1. The maximum absolute atomic E-state index is 13.0. The van der Waals surface area contributed by atoms with Crippen molar-refractivity contribution in [2.24, 2.45) is 5.41 Å². The highest BCUT2D eigenvalue weighted by atomic mass is 32.2. The van der Waals surface area contributed by atoms with Gasteiger partial charge in [-0.3, -0.25) is 4.79 Å². The second-order valence-corrected chi connectivity index (χ2v) is 9.28. The van der Waals surface area contributed by atoms with E-state index in [9.17, 15) is 23.1 Å². The molecule has 0 spiro atoms. The first-order valence-electron chi connectivity index (χ1n) is 9.27. The summed E-state index contributed by atoms with van der Waals surface area (Å²) in [6.45, 7) is 5.85. The zero-order chi connectivity index (χ0) is 20.0. The molecule has 1 aliphatic carbocycles. The summed E-state index contributed by atoms with van der Waals surface area (Å²) in [6, 6.07) is 0. The fourth-order valence-electron chi connectivity index (χ4n) is 4.14. The molecule has 1 amide bonds. The lowest BCUT2D eigenvalue weighted by molar-refractivity contribution is -0.149. The second-order valence-electron chi connectivity index (χ2n) is 7.41. The molecule has 9 heteroatoms. The van der Waals surface area contributed by atoms with Gasteiger partial charge in [0.15, 0.2) is 0 Å². The topological polar surface area (TPSA) is 108 Å². The number of hydrogen-bond acceptors (Lipinski definition) is 5. The van der Waals surface area contributed by atoms with Gasteiger partial charge in [0.1, 0.15) is 22.0 Å². The van der Waals surface area contributed by atoms with Gasteiger partial charge in [0.25, 0.3) is 0 Å². The maximum Gasteiger partial charge on any atom is 0.340 e. The molecule has 1 aliphatic heterocycles. The number of carbonyl (C=O) groups excluding carboxylic acids is 1. The number of carboxylic acids is 1. The average molecular weight is 398 g/mol. The molecule has 27 heavy (non-hydrogen) atoms. The molecule has 1 N–H and O–H groups in total. The molecule has 0 unspecified atom stereocenters. The molecule has 0 bridgehead atoms. The van der Waals surface area contributed by atoms with Gasteiger partial charge in [0.2, 0.25) is 15.9 Å². The smallest absolute Gasteiger partial charge is 0.340 e. The Bertz CT molecular complexity index is 855. The van der Waals surface area contributed by atoms with Crippen LogP contribution in [0.3, 0.4) is 0 Å². The number of carbonyl (C=O) groups is 2. The lowest BCUT2D eigenvalue weighted by Crippen LogP contribution is -2.55. The second kappa shape index (κ2) is 6.94. The van der Waals surface area contributed by atoms with Crippen molar-refractivity contribution in [2.45, 2.75) is 51.3 Å². The number of nitrogens with zero attached hydrogens (tertiary/aromatic N) is 2. The Kier molecular flexibility index (Phi) is 5.11. The van der Waals surface area contributed by atoms with Gasteiger partial charge in [-0.2, -0.15) is 4.31 Å². The summed E-state index contributed by atoms with van der Waals surface area (Å²) in [4.78, 5) is 25.8. The fourth-order valence-corrected chi connectivity index (χ4v) is 5.94. The summed E-state index contributed by atoms with van der Waals surface area (Å²) >= 11 is 0. The third kappa shape index (κ3) is 3.16. The predicted octanol–water partition coefficient (Wildman–Crippen LogP) is 2.01. The van der Waals surface area contributed by atoms with Crippen LogP contribution in [0.5, 0.6) is 0 Å². The molecular weight excluding hydrogens is 372 g/mol. The quantitative estimate of drug-likeness (QED) is 0.813. The molecule has 2 aliphatic rings. The number of aryl methyl sites for hydroxylation is 2. The van der Waals surface area contributed by atoms with E-state index in [1.165, 1.54) is 18.2 Å². The Labute approximate surface area is 159 Å². The van der Waals surface area contributed by atoms with Crippen LogP contribution >= 0.6 is 0 Å². The Morgan fingerprint density at radius 1 is 1.11 bits per heavy atom. The first-order chi connectivity index (χ1) is 12.6. The minimum atomic E-state index is -4.01. The van der Waals surface area contributed by atoms with E-state index in [1.54, 1.807) is 4.90 Å². The summed E-state index contributed by atoms with van der Waals surface area (Å²) in [7, 11) is -4.01. The Hall–Kier alpha value is -1.87. The molecule has 1 aromatic rings. The minimum Gasteiger partial charge on any atom is -0.478 e. The molecule has 2 fully saturated rings. The van der Waals surface area contributed by atoms with Gasteiger partial charge in [-0.15, -0.1) is 0 Å². The van der Waals surface area contributed by atoms with Crippen molar-refractivity contribution in [3.05, 3.63) is 17.1 Å². The Morgan fingerprint density at radius 3 is 2.15 bits per heavy atom. The van der Waals surface area contributed by atoms with Crippen LogP contribution in [0.25, 0.3) is 0 Å². The lowest BCUT2D eigenvalue weighted by Gasteiger charge is -2.45. The summed E-state index contributed by atoms with van der Waals surface area (Å²) in [5.74, 6) is -1.06. The molecule has 1 saturated heterocycles. The molecule has 0 aromatic carbocycles. The number of hydrogen-bond donors (Lipinski definition) is 1. The third-order valence-electron chi connectivity index (χ3n) is 5.98. The van der Waals surface area contributed by atoms with Gasteiger partial charge in [-0.05, 0) is 33.1 Å². The number of carboxylic acid groups (broad SMARTS) is 1. The van der Waals surface area contributed by atoms with Crippen molar-refractivity contribution in [1.29, 1.82) is 0 Å². The third-order valence-corrected chi connectivity index (χ3v) is 8.04. The molecule has 1 saturated carbocycles. The first kappa shape index (κ1) is 19.9. The molecule has 150 valence electrons. The zero-order valence-corrected chi connectivity index (χ0v) is 16.8. The number of furan rings is 1. The van der Waals surface area contributed by atoms with Gasteiger partial charge in [0.05, 0.1) is 0 Å². The number of sulfonamides is 1. The average Bonchev–Trinajstić information content (AvgIpc) is 2.89. The largest absolute Gasteiger partial charge is 0.478 e. The van der Waals surface area contributed by atoms with E-state index in [0.29, 0.717) is 13.1 Å². The summed E-state index contributed by atoms with van der Waals surface area (Å²) < 4.78 is 32.6. The van der Waals surface area contributed by atoms with Crippen LogP contribution in [0.2, 0.25) is 0 Å².